The van der Waals surface area contributed by atoms with Gasteiger partial charge in [-0.05, 0) is 39.9 Å². The minimum absolute atomic E-state index is 0.0294. The molecule has 0 spiro atoms. The molecule has 0 radical (unpaired) electrons. The molecule has 1 aliphatic heterocycles. The van der Waals surface area contributed by atoms with Gasteiger partial charge in [0.15, 0.2) is 0 Å². The topological polar surface area (TPSA) is 32.7 Å². The van der Waals surface area contributed by atoms with E-state index in [9.17, 15) is 0 Å². The predicted octanol–water partition coefficient (Wildman–Crippen LogP) is 2.09. The van der Waals surface area contributed by atoms with Crippen LogP contribution in [0, 0.1) is 0 Å². The standard InChI is InChI=1S/C11H16BrNO2S/c1-8-6-15-10(5-14)4-13(8)3-9-2-11(12)16-7-9/h2,7-8,10,14H,3-6H2,1H3. The van der Waals surface area contributed by atoms with Gasteiger partial charge in [-0.3, -0.25) is 4.90 Å². The first kappa shape index (κ1) is 12.5. The molecule has 1 aliphatic rings. The number of morpholine rings is 1. The summed E-state index contributed by atoms with van der Waals surface area (Å²) in [6, 6.07) is 2.57. The molecule has 1 aromatic rings. The fourth-order valence-corrected chi connectivity index (χ4v) is 3.07. The van der Waals surface area contributed by atoms with Crippen LogP contribution in [-0.2, 0) is 11.3 Å². The maximum absolute atomic E-state index is 9.11. The van der Waals surface area contributed by atoms with Crippen molar-refractivity contribution in [2.45, 2.75) is 25.6 Å². The van der Waals surface area contributed by atoms with E-state index in [1.165, 1.54) is 9.35 Å². The molecule has 2 atom stereocenters. The van der Waals surface area contributed by atoms with Crippen molar-refractivity contribution >= 4 is 27.3 Å². The highest BCUT2D eigenvalue weighted by atomic mass is 79.9. The number of thiophene rings is 1. The van der Waals surface area contributed by atoms with Crippen LogP contribution < -0.4 is 0 Å². The molecule has 90 valence electrons. The zero-order valence-electron chi connectivity index (χ0n) is 9.23. The third-order valence-electron chi connectivity index (χ3n) is 2.85. The quantitative estimate of drug-likeness (QED) is 0.928. The third kappa shape index (κ3) is 3.05. The molecule has 0 aromatic carbocycles. The summed E-state index contributed by atoms with van der Waals surface area (Å²) in [7, 11) is 0. The molecular weight excluding hydrogens is 290 g/mol. The smallest absolute Gasteiger partial charge is 0.0933 e. The molecule has 2 unspecified atom stereocenters. The summed E-state index contributed by atoms with van der Waals surface area (Å²) in [5.74, 6) is 0. The fraction of sp³-hybridized carbons (Fsp3) is 0.636. The molecule has 0 bridgehead atoms. The van der Waals surface area contributed by atoms with E-state index in [4.69, 9.17) is 9.84 Å². The normalized spacial score (nSPS) is 27.2. The lowest BCUT2D eigenvalue weighted by Crippen LogP contribution is -2.48. The van der Waals surface area contributed by atoms with E-state index in [2.05, 4.69) is 39.2 Å². The molecule has 1 N–H and O–H groups in total. The van der Waals surface area contributed by atoms with E-state index in [-0.39, 0.29) is 12.7 Å². The van der Waals surface area contributed by atoms with Gasteiger partial charge < -0.3 is 9.84 Å². The van der Waals surface area contributed by atoms with Crippen molar-refractivity contribution in [1.82, 2.24) is 4.90 Å². The molecule has 2 heterocycles. The molecular formula is C11H16BrNO2S. The molecule has 0 amide bonds. The Morgan fingerprint density at radius 1 is 1.69 bits per heavy atom. The largest absolute Gasteiger partial charge is 0.394 e. The van der Waals surface area contributed by atoms with E-state index < -0.39 is 0 Å². The minimum atomic E-state index is -0.0294. The fourth-order valence-electron chi connectivity index (χ4n) is 1.87. The van der Waals surface area contributed by atoms with E-state index >= 15 is 0 Å². The number of rotatable bonds is 3. The first-order valence-corrected chi connectivity index (χ1v) is 7.05. The third-order valence-corrected chi connectivity index (χ3v) is 4.40. The Labute approximate surface area is 108 Å². The van der Waals surface area contributed by atoms with E-state index in [0.29, 0.717) is 12.6 Å². The highest BCUT2D eigenvalue weighted by Gasteiger charge is 2.25. The first-order chi connectivity index (χ1) is 7.69. The molecule has 0 aliphatic carbocycles. The summed E-state index contributed by atoms with van der Waals surface area (Å²) in [4.78, 5) is 2.36. The van der Waals surface area contributed by atoms with Crippen LogP contribution in [0.15, 0.2) is 15.2 Å². The maximum atomic E-state index is 9.11. The van der Waals surface area contributed by atoms with Crippen molar-refractivity contribution in [3.8, 4) is 0 Å². The lowest BCUT2D eigenvalue weighted by atomic mass is 10.2. The Kier molecular flexibility index (Phi) is 4.38. The van der Waals surface area contributed by atoms with Crippen molar-refractivity contribution in [3.63, 3.8) is 0 Å². The van der Waals surface area contributed by atoms with Gasteiger partial charge in [-0.1, -0.05) is 0 Å². The average molecular weight is 306 g/mol. The van der Waals surface area contributed by atoms with Gasteiger partial charge in [0.05, 0.1) is 23.1 Å². The van der Waals surface area contributed by atoms with E-state index in [0.717, 1.165) is 13.1 Å². The summed E-state index contributed by atoms with van der Waals surface area (Å²) in [6.45, 7) is 4.72. The summed E-state index contributed by atoms with van der Waals surface area (Å²) in [5.41, 5.74) is 1.32. The van der Waals surface area contributed by atoms with Gasteiger partial charge in [0.1, 0.15) is 0 Å². The van der Waals surface area contributed by atoms with E-state index in [1.807, 2.05) is 0 Å². The Bertz CT molecular complexity index is 344. The van der Waals surface area contributed by atoms with Gasteiger partial charge >= 0.3 is 0 Å². The van der Waals surface area contributed by atoms with Crippen molar-refractivity contribution in [1.29, 1.82) is 0 Å². The van der Waals surface area contributed by atoms with Crippen LogP contribution in [0.1, 0.15) is 12.5 Å². The molecule has 3 nitrogen and oxygen atoms in total. The number of ether oxygens (including phenoxy) is 1. The van der Waals surface area contributed by atoms with Crippen LogP contribution >= 0.6 is 27.3 Å². The molecule has 1 fully saturated rings. The van der Waals surface area contributed by atoms with Crippen LogP contribution in [0.2, 0.25) is 0 Å². The minimum Gasteiger partial charge on any atom is -0.394 e. The van der Waals surface area contributed by atoms with Crippen LogP contribution in [0.5, 0.6) is 0 Å². The SMILES string of the molecule is CC1COC(CO)CN1Cc1csc(Br)c1. The maximum Gasteiger partial charge on any atom is 0.0933 e. The van der Waals surface area contributed by atoms with Crippen molar-refractivity contribution in [3.05, 3.63) is 20.8 Å². The highest BCUT2D eigenvalue weighted by molar-refractivity contribution is 9.11. The zero-order valence-corrected chi connectivity index (χ0v) is 11.6. The Morgan fingerprint density at radius 2 is 2.50 bits per heavy atom. The average Bonchev–Trinajstić information content (AvgIpc) is 2.67. The second-order valence-corrected chi connectivity index (χ2v) is 6.47. The zero-order chi connectivity index (χ0) is 11.5. The van der Waals surface area contributed by atoms with Gasteiger partial charge in [-0.15, -0.1) is 11.3 Å². The summed E-state index contributed by atoms with van der Waals surface area (Å²) in [6.07, 6.45) is -0.0294. The van der Waals surface area contributed by atoms with Gasteiger partial charge in [0.25, 0.3) is 0 Å². The van der Waals surface area contributed by atoms with E-state index in [1.54, 1.807) is 11.3 Å². The number of aliphatic hydroxyl groups is 1. The Hall–Kier alpha value is 0.0600. The van der Waals surface area contributed by atoms with Crippen molar-refractivity contribution in [2.24, 2.45) is 0 Å². The molecule has 1 aromatic heterocycles. The summed E-state index contributed by atoms with van der Waals surface area (Å²) >= 11 is 5.18. The lowest BCUT2D eigenvalue weighted by Gasteiger charge is -2.37. The summed E-state index contributed by atoms with van der Waals surface area (Å²) < 4.78 is 6.68. The number of hydrogen-bond acceptors (Lipinski definition) is 4. The second kappa shape index (κ2) is 5.60. The number of nitrogens with zero attached hydrogens (tertiary/aromatic N) is 1. The molecule has 16 heavy (non-hydrogen) atoms. The molecule has 2 rings (SSSR count). The Balaban J connectivity index is 1.96. The number of hydrogen-bond donors (Lipinski definition) is 1. The second-order valence-electron chi connectivity index (χ2n) is 4.18. The van der Waals surface area contributed by atoms with Crippen molar-refractivity contribution in [2.75, 3.05) is 19.8 Å². The number of aliphatic hydroxyl groups excluding tert-OH is 1. The summed E-state index contributed by atoms with van der Waals surface area (Å²) in [5, 5.41) is 11.3. The van der Waals surface area contributed by atoms with Gasteiger partial charge in [-0.2, -0.15) is 0 Å². The van der Waals surface area contributed by atoms with Gasteiger partial charge in [-0.25, -0.2) is 0 Å². The predicted molar refractivity (Wildman–Crippen MR) is 68.7 cm³/mol. The first-order valence-electron chi connectivity index (χ1n) is 5.38. The molecule has 5 heteroatoms. The van der Waals surface area contributed by atoms with Crippen LogP contribution in [0.4, 0.5) is 0 Å². The number of halogens is 1. The van der Waals surface area contributed by atoms with Crippen LogP contribution in [0.3, 0.4) is 0 Å². The molecule has 1 saturated heterocycles. The van der Waals surface area contributed by atoms with Gasteiger partial charge in [0, 0.05) is 19.1 Å². The monoisotopic (exact) mass is 305 g/mol. The van der Waals surface area contributed by atoms with Crippen LogP contribution in [-0.4, -0.2) is 41.9 Å². The molecule has 0 saturated carbocycles. The highest BCUT2D eigenvalue weighted by Crippen LogP contribution is 2.23. The lowest BCUT2D eigenvalue weighted by molar-refractivity contribution is -0.0805. The van der Waals surface area contributed by atoms with Crippen molar-refractivity contribution < 1.29 is 9.84 Å². The Morgan fingerprint density at radius 3 is 3.12 bits per heavy atom. The van der Waals surface area contributed by atoms with Crippen LogP contribution in [0.25, 0.3) is 0 Å². The van der Waals surface area contributed by atoms with Gasteiger partial charge in [0.2, 0.25) is 0 Å².